The van der Waals surface area contributed by atoms with Gasteiger partial charge in [-0.15, -0.1) is 0 Å². The van der Waals surface area contributed by atoms with Gasteiger partial charge in [0.2, 0.25) is 0 Å². The maximum absolute atomic E-state index is 14.1. The lowest BCUT2D eigenvalue weighted by Gasteiger charge is -2.11. The number of ketones is 1. The summed E-state index contributed by atoms with van der Waals surface area (Å²) < 4.78 is 24.5. The Hall–Kier alpha value is -2.20. The molecule has 0 unspecified atom stereocenters. The number of benzene rings is 2. The number of methoxy groups -OCH3 is 1. The third-order valence-corrected chi connectivity index (χ3v) is 3.11. The lowest BCUT2D eigenvalue weighted by molar-refractivity contribution is 0.102. The molecule has 4 heteroatoms. The molecule has 0 heterocycles. The van der Waals surface area contributed by atoms with Crippen LogP contribution in [0.4, 0.5) is 4.39 Å². The van der Waals surface area contributed by atoms with E-state index in [1.54, 1.807) is 50.4 Å². The van der Waals surface area contributed by atoms with Gasteiger partial charge in [0, 0.05) is 7.11 Å². The van der Waals surface area contributed by atoms with Crippen molar-refractivity contribution in [3.05, 3.63) is 65.0 Å². The molecule has 0 spiro atoms. The summed E-state index contributed by atoms with van der Waals surface area (Å²) in [6.07, 6.45) is 0. The molecule has 0 bridgehead atoms. The van der Waals surface area contributed by atoms with E-state index in [4.69, 9.17) is 9.47 Å². The summed E-state index contributed by atoms with van der Waals surface area (Å²) in [6.45, 7) is 2.38. The van der Waals surface area contributed by atoms with Gasteiger partial charge in [0.25, 0.3) is 0 Å². The number of ether oxygens (including phenoxy) is 2. The average molecular weight is 288 g/mol. The molecular formula is C17H17FO3. The first-order valence-corrected chi connectivity index (χ1v) is 6.65. The van der Waals surface area contributed by atoms with Crippen molar-refractivity contribution < 1.29 is 18.7 Å². The first-order valence-electron chi connectivity index (χ1n) is 6.65. The van der Waals surface area contributed by atoms with E-state index >= 15 is 0 Å². The smallest absolute Gasteiger partial charge is 0.199 e. The molecule has 0 amide bonds. The third-order valence-electron chi connectivity index (χ3n) is 3.11. The SMILES string of the molecule is COCCOc1ccccc1C(=O)c1cccc(C)c1F. The van der Waals surface area contributed by atoms with E-state index in [0.717, 1.165) is 0 Å². The Morgan fingerprint density at radius 1 is 1.05 bits per heavy atom. The van der Waals surface area contributed by atoms with Crippen LogP contribution in [-0.4, -0.2) is 26.1 Å². The average Bonchev–Trinajstić information content (AvgIpc) is 2.50. The fourth-order valence-electron chi connectivity index (χ4n) is 1.98. The Morgan fingerprint density at radius 3 is 2.52 bits per heavy atom. The zero-order chi connectivity index (χ0) is 15.2. The van der Waals surface area contributed by atoms with Gasteiger partial charge in [0.05, 0.1) is 17.7 Å². The van der Waals surface area contributed by atoms with E-state index in [1.165, 1.54) is 6.07 Å². The fraction of sp³-hybridized carbons (Fsp3) is 0.235. The number of hydrogen-bond donors (Lipinski definition) is 0. The third kappa shape index (κ3) is 3.47. The molecule has 0 radical (unpaired) electrons. The second-order valence-corrected chi connectivity index (χ2v) is 4.60. The maximum atomic E-state index is 14.1. The van der Waals surface area contributed by atoms with Crippen molar-refractivity contribution in [2.24, 2.45) is 0 Å². The number of halogens is 1. The van der Waals surface area contributed by atoms with Crippen LogP contribution >= 0.6 is 0 Å². The number of rotatable bonds is 6. The van der Waals surface area contributed by atoms with Gasteiger partial charge < -0.3 is 9.47 Å². The van der Waals surface area contributed by atoms with E-state index in [-0.39, 0.29) is 11.3 Å². The molecule has 0 aliphatic heterocycles. The number of para-hydroxylation sites is 1. The summed E-state index contributed by atoms with van der Waals surface area (Å²) in [6, 6.07) is 11.6. The lowest BCUT2D eigenvalue weighted by atomic mass is 10.00. The van der Waals surface area contributed by atoms with E-state index in [1.807, 2.05) is 0 Å². The summed E-state index contributed by atoms with van der Waals surface area (Å²) in [5, 5.41) is 0. The second-order valence-electron chi connectivity index (χ2n) is 4.60. The molecular weight excluding hydrogens is 271 g/mol. The minimum atomic E-state index is -0.491. The number of carbonyl (C=O) groups excluding carboxylic acids is 1. The van der Waals surface area contributed by atoms with E-state index in [0.29, 0.717) is 30.1 Å². The van der Waals surface area contributed by atoms with Crippen LogP contribution < -0.4 is 4.74 Å². The Bertz CT molecular complexity index is 638. The summed E-state index contributed by atoms with van der Waals surface area (Å²) in [4.78, 5) is 12.5. The zero-order valence-corrected chi connectivity index (χ0v) is 12.1. The van der Waals surface area contributed by atoms with E-state index < -0.39 is 5.82 Å². The van der Waals surface area contributed by atoms with Gasteiger partial charge >= 0.3 is 0 Å². The molecule has 0 aliphatic carbocycles. The van der Waals surface area contributed by atoms with Crippen LogP contribution in [0.2, 0.25) is 0 Å². The molecule has 0 aromatic heterocycles. The minimum absolute atomic E-state index is 0.0535. The highest BCUT2D eigenvalue weighted by Gasteiger charge is 2.18. The molecule has 2 rings (SSSR count). The van der Waals surface area contributed by atoms with Gasteiger partial charge in [-0.1, -0.05) is 24.3 Å². The van der Waals surface area contributed by atoms with Crippen LogP contribution in [0.25, 0.3) is 0 Å². The molecule has 0 atom stereocenters. The van der Waals surface area contributed by atoms with Crippen LogP contribution in [-0.2, 0) is 4.74 Å². The minimum Gasteiger partial charge on any atom is -0.490 e. The molecule has 0 fully saturated rings. The molecule has 0 aliphatic rings. The van der Waals surface area contributed by atoms with Gasteiger partial charge in [-0.3, -0.25) is 4.79 Å². The van der Waals surface area contributed by atoms with E-state index in [2.05, 4.69) is 0 Å². The van der Waals surface area contributed by atoms with Crippen LogP contribution in [0.3, 0.4) is 0 Å². The predicted molar refractivity (Wildman–Crippen MR) is 78.4 cm³/mol. The largest absolute Gasteiger partial charge is 0.490 e. The normalized spacial score (nSPS) is 10.4. The Kier molecular flexibility index (Phi) is 5.06. The number of aryl methyl sites for hydroxylation is 1. The van der Waals surface area contributed by atoms with Crippen LogP contribution in [0, 0.1) is 12.7 Å². The van der Waals surface area contributed by atoms with Gasteiger partial charge in [-0.05, 0) is 30.7 Å². The molecule has 0 N–H and O–H groups in total. The van der Waals surface area contributed by atoms with Crippen molar-refractivity contribution in [1.29, 1.82) is 0 Å². The van der Waals surface area contributed by atoms with Crippen molar-refractivity contribution in [3.63, 3.8) is 0 Å². The van der Waals surface area contributed by atoms with Crippen molar-refractivity contribution in [2.45, 2.75) is 6.92 Å². The highest BCUT2D eigenvalue weighted by Crippen LogP contribution is 2.23. The zero-order valence-electron chi connectivity index (χ0n) is 12.1. The van der Waals surface area contributed by atoms with Crippen LogP contribution in [0.1, 0.15) is 21.5 Å². The maximum Gasteiger partial charge on any atom is 0.199 e. The van der Waals surface area contributed by atoms with Gasteiger partial charge in [-0.2, -0.15) is 0 Å². The Morgan fingerprint density at radius 2 is 1.76 bits per heavy atom. The predicted octanol–water partition coefficient (Wildman–Crippen LogP) is 3.39. The first kappa shape index (κ1) is 15.2. The standard InChI is InChI=1S/C17H17FO3/c1-12-6-5-8-14(16(12)18)17(19)13-7-3-4-9-15(13)21-11-10-20-2/h3-9H,10-11H2,1-2H3. The van der Waals surface area contributed by atoms with E-state index in [9.17, 15) is 9.18 Å². The quantitative estimate of drug-likeness (QED) is 0.604. The topological polar surface area (TPSA) is 35.5 Å². The molecule has 3 nitrogen and oxygen atoms in total. The number of hydrogen-bond acceptors (Lipinski definition) is 3. The summed E-state index contributed by atoms with van der Waals surface area (Å²) in [5.74, 6) is -0.445. The summed E-state index contributed by atoms with van der Waals surface area (Å²) >= 11 is 0. The molecule has 2 aromatic carbocycles. The van der Waals surface area contributed by atoms with Crippen LogP contribution in [0.5, 0.6) is 5.75 Å². The van der Waals surface area contributed by atoms with Crippen LogP contribution in [0.15, 0.2) is 42.5 Å². The molecule has 0 saturated carbocycles. The van der Waals surface area contributed by atoms with Crippen molar-refractivity contribution in [2.75, 3.05) is 20.3 Å². The monoisotopic (exact) mass is 288 g/mol. The highest BCUT2D eigenvalue weighted by atomic mass is 19.1. The fourth-order valence-corrected chi connectivity index (χ4v) is 1.98. The molecule has 2 aromatic rings. The van der Waals surface area contributed by atoms with Gasteiger partial charge in [0.15, 0.2) is 5.78 Å². The highest BCUT2D eigenvalue weighted by molar-refractivity contribution is 6.11. The van der Waals surface area contributed by atoms with Gasteiger partial charge in [0.1, 0.15) is 18.2 Å². The lowest BCUT2D eigenvalue weighted by Crippen LogP contribution is -2.10. The van der Waals surface area contributed by atoms with Crippen molar-refractivity contribution >= 4 is 5.78 Å². The number of carbonyl (C=O) groups is 1. The summed E-state index contributed by atoms with van der Waals surface area (Å²) in [5.41, 5.74) is 0.842. The molecule has 21 heavy (non-hydrogen) atoms. The first-order chi connectivity index (χ1) is 10.1. The van der Waals surface area contributed by atoms with Crippen molar-refractivity contribution in [3.8, 4) is 5.75 Å². The Labute approximate surface area is 123 Å². The Balaban J connectivity index is 2.33. The van der Waals surface area contributed by atoms with Crippen molar-refractivity contribution in [1.82, 2.24) is 0 Å². The second kappa shape index (κ2) is 6.99. The summed E-state index contributed by atoms with van der Waals surface area (Å²) in [7, 11) is 1.57. The molecule has 110 valence electrons. The van der Waals surface area contributed by atoms with Gasteiger partial charge in [-0.25, -0.2) is 4.39 Å². The molecule has 0 saturated heterocycles.